The van der Waals surface area contributed by atoms with Crippen LogP contribution in [0.15, 0.2) is 72.8 Å². The number of hydrogen-bond acceptors (Lipinski definition) is 8. The largest absolute Gasteiger partial charge is 0.449 e. The van der Waals surface area contributed by atoms with Gasteiger partial charge in [-0.2, -0.15) is 9.78 Å². The van der Waals surface area contributed by atoms with Crippen molar-refractivity contribution in [2.24, 2.45) is 23.5 Å². The average Bonchev–Trinajstić information content (AvgIpc) is 3.69. The van der Waals surface area contributed by atoms with Crippen LogP contribution in [0.25, 0.3) is 11.1 Å². The number of nitrogens with one attached hydrogen (secondary N) is 1. The third kappa shape index (κ3) is 5.93. The van der Waals surface area contributed by atoms with Crippen LogP contribution in [0.3, 0.4) is 0 Å². The van der Waals surface area contributed by atoms with Crippen LogP contribution in [0.1, 0.15) is 99.2 Å². The second-order valence-electron chi connectivity index (χ2n) is 17.1. The molecule has 2 aliphatic heterocycles. The molecule has 3 N–H and O–H groups in total. The molecule has 10 nitrogen and oxygen atoms in total. The summed E-state index contributed by atoms with van der Waals surface area (Å²) in [6.07, 6.45) is 9.36. The van der Waals surface area contributed by atoms with E-state index in [9.17, 15) is 9.59 Å². The van der Waals surface area contributed by atoms with Gasteiger partial charge in [-0.25, -0.2) is 9.59 Å². The minimum Gasteiger partial charge on any atom is -0.449 e. The van der Waals surface area contributed by atoms with Crippen molar-refractivity contribution < 1.29 is 33.6 Å². The molecule has 2 saturated heterocycles. The van der Waals surface area contributed by atoms with Gasteiger partial charge in [-0.1, -0.05) is 60.7 Å². The number of rotatable bonds is 5. The molecular formula is C43H49N3O7. The van der Waals surface area contributed by atoms with Gasteiger partial charge in [-0.05, 0) is 110 Å². The Balaban J connectivity index is 0.695. The molecule has 3 unspecified atom stereocenters. The van der Waals surface area contributed by atoms with Gasteiger partial charge in [0.2, 0.25) is 11.6 Å². The summed E-state index contributed by atoms with van der Waals surface area (Å²) in [6, 6.07) is 24.4. The zero-order chi connectivity index (χ0) is 35.8. The molecule has 7 atom stereocenters. The van der Waals surface area contributed by atoms with E-state index in [1.54, 1.807) is 4.90 Å². The maximum Gasteiger partial charge on any atom is 0.415 e. The van der Waals surface area contributed by atoms with Crippen molar-refractivity contribution in [2.75, 3.05) is 19.7 Å². The molecule has 3 aromatic rings. The fraction of sp³-hybridized carbons (Fsp3) is 0.535. The molecule has 11 rings (SSSR count). The standard InChI is InChI=1S/C43H49N3O7/c44-41-22-27-20-30(24-41)43(31(21-27)25-41)51-42(52-53-43)17-5-6-29(23-42)28-11-13-33(14-12-28)50-40(48)46-18-15-32(16-19-46)45-39(47)49-26-38-36-9-3-1-7-34(36)35-8-2-4-10-37(35)38/h1-4,7-14,27,29-32,38H,5-6,15-26,44H2,(H,45,47)/t27?,29-,30-,31+,41?,42-,43?/m1/s1. The van der Waals surface area contributed by atoms with Crippen molar-refractivity contribution in [2.45, 2.75) is 106 Å². The number of carbonyl (C=O) groups is 2. The lowest BCUT2D eigenvalue weighted by atomic mass is 9.50. The Morgan fingerprint density at radius 3 is 2.19 bits per heavy atom. The molecule has 0 aromatic heterocycles. The molecule has 5 saturated carbocycles. The number of nitrogens with zero attached hydrogens (tertiary/aromatic N) is 1. The molecule has 8 aliphatic rings. The number of carbonyl (C=O) groups excluding carboxylic acids is 2. The molecule has 4 bridgehead atoms. The highest BCUT2D eigenvalue weighted by Gasteiger charge is 2.69. The van der Waals surface area contributed by atoms with Crippen LogP contribution in [-0.2, 0) is 19.2 Å². The minimum atomic E-state index is -0.725. The van der Waals surface area contributed by atoms with E-state index in [2.05, 4.69) is 41.7 Å². The van der Waals surface area contributed by atoms with Crippen molar-refractivity contribution in [3.05, 3.63) is 89.5 Å². The van der Waals surface area contributed by atoms with Crippen molar-refractivity contribution >= 4 is 12.2 Å². The van der Waals surface area contributed by atoms with Crippen molar-refractivity contribution in [1.29, 1.82) is 0 Å². The highest BCUT2D eigenvalue weighted by molar-refractivity contribution is 5.79. The van der Waals surface area contributed by atoms with Gasteiger partial charge in [-0.15, -0.1) is 0 Å². The van der Waals surface area contributed by atoms with Crippen LogP contribution in [0.4, 0.5) is 9.59 Å². The van der Waals surface area contributed by atoms with Gasteiger partial charge in [0, 0.05) is 55.3 Å². The topological polar surface area (TPSA) is 122 Å². The molecule has 6 aliphatic carbocycles. The van der Waals surface area contributed by atoms with Crippen LogP contribution in [-0.4, -0.2) is 59.9 Å². The van der Waals surface area contributed by atoms with Gasteiger partial charge in [0.25, 0.3) is 0 Å². The smallest absolute Gasteiger partial charge is 0.415 e. The van der Waals surface area contributed by atoms with Crippen LogP contribution in [0.5, 0.6) is 5.75 Å². The van der Waals surface area contributed by atoms with Crippen LogP contribution in [0.2, 0.25) is 0 Å². The first-order chi connectivity index (χ1) is 25.8. The lowest BCUT2D eigenvalue weighted by molar-refractivity contribution is -0.391. The number of alkyl carbamates (subject to hydrolysis) is 1. The van der Waals surface area contributed by atoms with E-state index < -0.39 is 17.7 Å². The van der Waals surface area contributed by atoms with Gasteiger partial charge in [0.05, 0.1) is 0 Å². The number of piperidine rings is 1. The van der Waals surface area contributed by atoms with Gasteiger partial charge < -0.3 is 30.2 Å². The number of likely N-dealkylation sites (tertiary alicyclic amines) is 1. The van der Waals surface area contributed by atoms with Gasteiger partial charge in [0.1, 0.15) is 12.4 Å². The Bertz CT molecular complexity index is 1830. The fourth-order valence-corrected chi connectivity index (χ4v) is 11.4. The first-order valence-corrected chi connectivity index (χ1v) is 19.8. The number of benzene rings is 3. The zero-order valence-electron chi connectivity index (χ0n) is 30.2. The van der Waals surface area contributed by atoms with E-state index in [1.807, 2.05) is 36.4 Å². The van der Waals surface area contributed by atoms with E-state index in [-0.39, 0.29) is 36.1 Å². The SMILES string of the molecule is NC12CC3C[C@H](C1)C1(OO[C@@]4(CCC[C@@H](c5ccc(OC(=O)N6CCC(NC(=O)OCC7c8ccccc8-c8ccccc87)CC6)cc5)C4)O1)[C@@H](C3)C2. The summed E-state index contributed by atoms with van der Waals surface area (Å²) in [6.45, 7) is 1.26. The van der Waals surface area contributed by atoms with Gasteiger partial charge in [0.15, 0.2) is 0 Å². The summed E-state index contributed by atoms with van der Waals surface area (Å²) < 4.78 is 18.5. The molecule has 2 spiro atoms. The second-order valence-corrected chi connectivity index (χ2v) is 17.1. The molecule has 2 amide bonds. The lowest BCUT2D eigenvalue weighted by Gasteiger charge is -2.61. The maximum atomic E-state index is 13.1. The molecule has 3 aromatic carbocycles. The fourth-order valence-electron chi connectivity index (χ4n) is 11.4. The highest BCUT2D eigenvalue weighted by Crippen LogP contribution is 2.64. The molecule has 53 heavy (non-hydrogen) atoms. The zero-order valence-corrected chi connectivity index (χ0v) is 30.2. The van der Waals surface area contributed by atoms with Crippen LogP contribution >= 0.6 is 0 Å². The third-order valence-electron chi connectivity index (χ3n) is 13.7. The van der Waals surface area contributed by atoms with E-state index in [1.165, 1.54) is 27.8 Å². The number of fused-ring (bicyclic) bond motifs is 3. The van der Waals surface area contributed by atoms with Crippen LogP contribution < -0.4 is 15.8 Å². The summed E-state index contributed by atoms with van der Waals surface area (Å²) in [5.74, 6) is 0.704. The first-order valence-electron chi connectivity index (χ1n) is 19.8. The lowest BCUT2D eigenvalue weighted by Crippen LogP contribution is -2.67. The molecule has 7 fully saturated rings. The highest BCUT2D eigenvalue weighted by atomic mass is 17.3. The van der Waals surface area contributed by atoms with E-state index in [4.69, 9.17) is 29.7 Å². The van der Waals surface area contributed by atoms with E-state index in [0.29, 0.717) is 49.4 Å². The molecule has 278 valence electrons. The molecular weight excluding hydrogens is 670 g/mol. The quantitative estimate of drug-likeness (QED) is 0.257. The van der Waals surface area contributed by atoms with E-state index in [0.717, 1.165) is 57.8 Å². The van der Waals surface area contributed by atoms with Gasteiger partial charge >= 0.3 is 12.2 Å². The normalized spacial score (nSPS) is 34.3. The Morgan fingerprint density at radius 2 is 1.51 bits per heavy atom. The summed E-state index contributed by atoms with van der Waals surface area (Å²) in [5.41, 5.74) is 12.7. The molecule has 0 radical (unpaired) electrons. The number of ether oxygens (including phenoxy) is 3. The summed E-state index contributed by atoms with van der Waals surface area (Å²) >= 11 is 0. The minimum absolute atomic E-state index is 0.0158. The number of nitrogens with two attached hydrogens (primary N) is 1. The number of amides is 2. The Labute approximate surface area is 310 Å². The van der Waals surface area contributed by atoms with E-state index >= 15 is 0 Å². The van der Waals surface area contributed by atoms with Crippen molar-refractivity contribution in [3.8, 4) is 16.9 Å². The molecule has 10 heteroatoms. The van der Waals surface area contributed by atoms with Crippen molar-refractivity contribution in [3.63, 3.8) is 0 Å². The predicted molar refractivity (Wildman–Crippen MR) is 196 cm³/mol. The second kappa shape index (κ2) is 12.8. The number of hydrogen-bond donors (Lipinski definition) is 2. The molecule has 2 heterocycles. The predicted octanol–water partition coefficient (Wildman–Crippen LogP) is 7.75. The average molecular weight is 720 g/mol. The summed E-state index contributed by atoms with van der Waals surface area (Å²) in [4.78, 5) is 40.1. The monoisotopic (exact) mass is 719 g/mol. The summed E-state index contributed by atoms with van der Waals surface area (Å²) in [5, 5.41) is 3.02. The first kappa shape index (κ1) is 33.6. The Hall–Kier alpha value is -3.96. The van der Waals surface area contributed by atoms with Gasteiger partial charge in [-0.3, -0.25) is 0 Å². The third-order valence-corrected chi connectivity index (χ3v) is 13.7. The van der Waals surface area contributed by atoms with Crippen molar-refractivity contribution in [1.82, 2.24) is 10.2 Å². The maximum absolute atomic E-state index is 13.1. The van der Waals surface area contributed by atoms with Crippen LogP contribution in [0, 0.1) is 17.8 Å². The summed E-state index contributed by atoms with van der Waals surface area (Å²) in [7, 11) is 0. The Morgan fingerprint density at radius 1 is 0.830 bits per heavy atom. The Kier molecular flexibility index (Phi) is 8.13.